The maximum Gasteiger partial charge on any atom is 0.264 e. The zero-order chi connectivity index (χ0) is 31.0. The lowest BCUT2D eigenvalue weighted by atomic mass is 10.0. The van der Waals surface area contributed by atoms with Gasteiger partial charge in [-0.3, -0.25) is 13.9 Å². The zero-order valence-corrected chi connectivity index (χ0v) is 26.2. The molecule has 0 radical (unpaired) electrons. The number of carbonyl (C=O) groups excluding carboxylic acids is 2. The van der Waals surface area contributed by atoms with Gasteiger partial charge in [-0.25, -0.2) is 8.42 Å². The summed E-state index contributed by atoms with van der Waals surface area (Å²) in [5, 5.41) is 3.71. The third kappa shape index (κ3) is 7.96. The lowest BCUT2D eigenvalue weighted by Crippen LogP contribution is -2.53. The Morgan fingerprint density at radius 1 is 0.860 bits per heavy atom. The van der Waals surface area contributed by atoms with E-state index < -0.39 is 28.5 Å². The molecule has 0 aliphatic carbocycles. The van der Waals surface area contributed by atoms with E-state index in [4.69, 9.17) is 23.2 Å². The van der Waals surface area contributed by atoms with E-state index in [-0.39, 0.29) is 23.8 Å². The van der Waals surface area contributed by atoms with Crippen LogP contribution in [-0.4, -0.2) is 44.3 Å². The van der Waals surface area contributed by atoms with Gasteiger partial charge in [0.25, 0.3) is 10.0 Å². The van der Waals surface area contributed by atoms with Crippen molar-refractivity contribution >= 4 is 50.7 Å². The number of likely N-dealkylation sites (N-methyl/N-ethyl adjacent to an activating group) is 1. The maximum absolute atomic E-state index is 14.4. The van der Waals surface area contributed by atoms with E-state index in [1.807, 2.05) is 30.3 Å². The molecule has 0 spiro atoms. The van der Waals surface area contributed by atoms with Crippen molar-refractivity contribution in [1.82, 2.24) is 10.2 Å². The number of benzene rings is 4. The van der Waals surface area contributed by atoms with Gasteiger partial charge in [-0.2, -0.15) is 0 Å². The molecular weight excluding hydrogens is 605 g/mol. The van der Waals surface area contributed by atoms with E-state index in [9.17, 15) is 18.0 Å². The van der Waals surface area contributed by atoms with E-state index in [0.29, 0.717) is 33.4 Å². The summed E-state index contributed by atoms with van der Waals surface area (Å²) in [6.07, 6.45) is 0.217. The Balaban J connectivity index is 1.82. The minimum atomic E-state index is -4.20. The van der Waals surface area contributed by atoms with Gasteiger partial charge in [-0.05, 0) is 66.9 Å². The summed E-state index contributed by atoms with van der Waals surface area (Å²) in [5.74, 6) is -0.923. The lowest BCUT2D eigenvalue weighted by Gasteiger charge is -2.34. The molecule has 0 aliphatic rings. The van der Waals surface area contributed by atoms with Crippen molar-refractivity contribution in [2.24, 2.45) is 0 Å². The van der Waals surface area contributed by atoms with E-state index in [1.165, 1.54) is 17.0 Å². The fraction of sp³-hybridized carbons (Fsp3) is 0.212. The van der Waals surface area contributed by atoms with Crippen molar-refractivity contribution in [1.29, 1.82) is 0 Å². The summed E-state index contributed by atoms with van der Waals surface area (Å²) in [4.78, 5) is 29.4. The molecule has 0 heterocycles. The highest BCUT2D eigenvalue weighted by molar-refractivity contribution is 7.92. The van der Waals surface area contributed by atoms with E-state index in [1.54, 1.807) is 74.5 Å². The Hall–Kier alpha value is -3.85. The molecule has 0 saturated carbocycles. The first-order valence-corrected chi connectivity index (χ1v) is 16.0. The molecule has 0 aromatic heterocycles. The minimum absolute atomic E-state index is 0.00797. The third-order valence-electron chi connectivity index (χ3n) is 6.96. The van der Waals surface area contributed by atoms with Crippen LogP contribution in [0.4, 0.5) is 5.69 Å². The van der Waals surface area contributed by atoms with Crippen LogP contribution in [0.15, 0.2) is 108 Å². The number of rotatable bonds is 12. The zero-order valence-electron chi connectivity index (χ0n) is 23.9. The number of aryl methyl sites for hydroxylation is 1. The number of amides is 2. The molecule has 10 heteroatoms. The molecule has 0 saturated heterocycles. The van der Waals surface area contributed by atoms with Crippen molar-refractivity contribution in [3.63, 3.8) is 0 Å². The van der Waals surface area contributed by atoms with Gasteiger partial charge in [0.1, 0.15) is 12.6 Å². The van der Waals surface area contributed by atoms with Crippen molar-refractivity contribution < 1.29 is 18.0 Å². The fourth-order valence-corrected chi connectivity index (χ4v) is 6.71. The molecule has 0 unspecified atom stereocenters. The molecular formula is C33H33Cl2N3O4S. The standard InChI is InChI=1S/C33H33Cl2N3O4S/c1-3-36-33(40)31(21-25-12-6-4-7-13-25)37(22-26-14-10-11-17-29(26)35)32(39)23-38(30-19-18-27(34)20-24(30)2)43(41,42)28-15-8-5-9-16-28/h4-20,31H,3,21-23H2,1-2H3,(H,36,40)/t31-/m1/s1. The summed E-state index contributed by atoms with van der Waals surface area (Å²) in [6, 6.07) is 28.2. The number of halogens is 2. The molecule has 0 bridgehead atoms. The first-order valence-electron chi connectivity index (χ1n) is 13.8. The largest absolute Gasteiger partial charge is 0.355 e. The van der Waals surface area contributed by atoms with Crippen LogP contribution in [0.25, 0.3) is 0 Å². The van der Waals surface area contributed by atoms with Crippen LogP contribution >= 0.6 is 23.2 Å². The topological polar surface area (TPSA) is 86.8 Å². The number of hydrogen-bond acceptors (Lipinski definition) is 4. The average molecular weight is 639 g/mol. The molecule has 1 atom stereocenters. The second-order valence-electron chi connectivity index (χ2n) is 9.97. The summed E-state index contributed by atoms with van der Waals surface area (Å²) in [6.45, 7) is 3.32. The average Bonchev–Trinajstić information content (AvgIpc) is 3.00. The molecule has 4 aromatic rings. The number of hydrogen-bond donors (Lipinski definition) is 1. The van der Waals surface area contributed by atoms with Gasteiger partial charge in [-0.15, -0.1) is 0 Å². The van der Waals surface area contributed by atoms with Crippen LogP contribution in [0.2, 0.25) is 10.0 Å². The molecule has 224 valence electrons. The molecule has 4 rings (SSSR count). The van der Waals surface area contributed by atoms with Gasteiger partial charge < -0.3 is 10.2 Å². The van der Waals surface area contributed by atoms with E-state index >= 15 is 0 Å². The Morgan fingerprint density at radius 3 is 2.12 bits per heavy atom. The lowest BCUT2D eigenvalue weighted by molar-refractivity contribution is -0.140. The normalized spacial score (nSPS) is 11.9. The van der Waals surface area contributed by atoms with Crippen molar-refractivity contribution in [2.45, 2.75) is 37.8 Å². The minimum Gasteiger partial charge on any atom is -0.355 e. The SMILES string of the molecule is CCNC(=O)[C@@H](Cc1ccccc1)N(Cc1ccccc1Cl)C(=O)CN(c1ccc(Cl)cc1C)S(=O)(=O)c1ccccc1. The predicted molar refractivity (Wildman–Crippen MR) is 172 cm³/mol. The van der Waals surface area contributed by atoms with E-state index in [2.05, 4.69) is 5.32 Å². The molecule has 0 aliphatic heterocycles. The first-order chi connectivity index (χ1) is 20.6. The Labute approximate surface area is 263 Å². The summed E-state index contributed by atoms with van der Waals surface area (Å²) >= 11 is 12.7. The Kier molecular flexibility index (Phi) is 10.9. The van der Waals surface area contributed by atoms with Gasteiger partial charge in [0.05, 0.1) is 10.6 Å². The molecule has 0 fully saturated rings. The summed E-state index contributed by atoms with van der Waals surface area (Å²) < 4.78 is 29.2. The molecule has 43 heavy (non-hydrogen) atoms. The van der Waals surface area contributed by atoms with Gasteiger partial charge in [0, 0.05) is 29.6 Å². The maximum atomic E-state index is 14.4. The monoisotopic (exact) mass is 637 g/mol. The fourth-order valence-electron chi connectivity index (χ4n) is 4.79. The van der Waals surface area contributed by atoms with Crippen LogP contribution in [0.5, 0.6) is 0 Å². The first kappa shape index (κ1) is 32.1. The molecule has 7 nitrogen and oxygen atoms in total. The number of anilines is 1. The van der Waals surface area contributed by atoms with Crippen molar-refractivity contribution in [3.8, 4) is 0 Å². The van der Waals surface area contributed by atoms with Gasteiger partial charge in [-0.1, -0.05) is 89.9 Å². The Morgan fingerprint density at radius 2 is 1.49 bits per heavy atom. The summed E-state index contributed by atoms with van der Waals surface area (Å²) in [5.41, 5.74) is 2.34. The third-order valence-corrected chi connectivity index (χ3v) is 9.34. The van der Waals surface area contributed by atoms with Crippen molar-refractivity contribution in [3.05, 3.63) is 130 Å². The molecule has 2 amide bonds. The van der Waals surface area contributed by atoms with Gasteiger partial charge in [0.15, 0.2) is 0 Å². The number of sulfonamides is 1. The highest BCUT2D eigenvalue weighted by atomic mass is 35.5. The highest BCUT2D eigenvalue weighted by Gasteiger charge is 2.35. The number of carbonyl (C=O) groups is 2. The van der Waals surface area contributed by atoms with Crippen LogP contribution < -0.4 is 9.62 Å². The van der Waals surface area contributed by atoms with Gasteiger partial charge >= 0.3 is 0 Å². The summed E-state index contributed by atoms with van der Waals surface area (Å²) in [7, 11) is -4.20. The molecule has 1 N–H and O–H groups in total. The quantitative estimate of drug-likeness (QED) is 0.198. The highest BCUT2D eigenvalue weighted by Crippen LogP contribution is 2.30. The second kappa shape index (κ2) is 14.6. The Bertz CT molecular complexity index is 1670. The number of nitrogens with zero attached hydrogens (tertiary/aromatic N) is 2. The predicted octanol–water partition coefficient (Wildman–Crippen LogP) is 6.27. The number of nitrogens with one attached hydrogen (secondary N) is 1. The van der Waals surface area contributed by atoms with Crippen molar-refractivity contribution in [2.75, 3.05) is 17.4 Å². The molecule has 4 aromatic carbocycles. The van der Waals surface area contributed by atoms with Crippen LogP contribution in [0, 0.1) is 6.92 Å². The second-order valence-corrected chi connectivity index (χ2v) is 12.7. The van der Waals surface area contributed by atoms with Crippen LogP contribution in [-0.2, 0) is 32.6 Å². The van der Waals surface area contributed by atoms with Crippen LogP contribution in [0.3, 0.4) is 0 Å². The van der Waals surface area contributed by atoms with Gasteiger partial charge in [0.2, 0.25) is 11.8 Å². The van der Waals surface area contributed by atoms with E-state index in [0.717, 1.165) is 9.87 Å². The van der Waals surface area contributed by atoms with Crippen LogP contribution in [0.1, 0.15) is 23.6 Å². The smallest absolute Gasteiger partial charge is 0.264 e.